The maximum absolute atomic E-state index is 11.0. The number of benzene rings is 1. The van der Waals surface area contributed by atoms with Crippen LogP contribution in [0.5, 0.6) is 5.75 Å². The number of aromatic hydroxyl groups is 1. The molecule has 1 heterocycles. The van der Waals surface area contributed by atoms with Gasteiger partial charge in [-0.05, 0) is 31.0 Å². The predicted molar refractivity (Wildman–Crippen MR) is 53.6 cm³/mol. The highest BCUT2D eigenvalue weighted by molar-refractivity contribution is 5.86. The molecule has 0 spiro atoms. The summed E-state index contributed by atoms with van der Waals surface area (Å²) in [5.41, 5.74) is 1.82. The maximum atomic E-state index is 11.0. The van der Waals surface area contributed by atoms with E-state index in [4.69, 9.17) is 4.42 Å². The summed E-state index contributed by atoms with van der Waals surface area (Å²) in [6.45, 7) is 3.78. The predicted octanol–water partition coefficient (Wildman–Crippen LogP) is 2.12. The third-order valence-corrected chi connectivity index (χ3v) is 2.16. The molecule has 0 fully saturated rings. The van der Waals surface area contributed by atoms with E-state index in [9.17, 15) is 9.90 Å². The average molecular weight is 190 g/mol. The van der Waals surface area contributed by atoms with E-state index in [-0.39, 0.29) is 5.75 Å². The monoisotopic (exact) mass is 190 g/mol. The topological polar surface area (TPSA) is 50.4 Å². The average Bonchev–Trinajstić information content (AvgIpc) is 1.99. The molecule has 0 aliphatic rings. The summed E-state index contributed by atoms with van der Waals surface area (Å²) in [6, 6.07) is 4.76. The second kappa shape index (κ2) is 2.87. The van der Waals surface area contributed by atoms with Crippen LogP contribution in [-0.2, 0) is 0 Å². The van der Waals surface area contributed by atoms with E-state index in [0.29, 0.717) is 11.0 Å². The molecule has 0 radical (unpaired) electrons. The molecule has 1 aromatic carbocycles. The number of hydrogen-bond donors (Lipinski definition) is 1. The lowest BCUT2D eigenvalue weighted by atomic mass is 10.1. The van der Waals surface area contributed by atoms with Gasteiger partial charge in [-0.1, -0.05) is 6.07 Å². The first kappa shape index (κ1) is 8.81. The van der Waals surface area contributed by atoms with Crippen LogP contribution in [0.1, 0.15) is 11.1 Å². The minimum absolute atomic E-state index is 0.0197. The van der Waals surface area contributed by atoms with Crippen LogP contribution in [0.3, 0.4) is 0 Å². The molecule has 0 saturated heterocycles. The molecular formula is C11H10O3. The molecule has 72 valence electrons. The zero-order valence-corrected chi connectivity index (χ0v) is 8.00. The van der Waals surface area contributed by atoms with Crippen molar-refractivity contribution in [3.8, 4) is 5.75 Å². The quantitative estimate of drug-likeness (QED) is 0.647. The maximum Gasteiger partial charge on any atom is 0.339 e. The van der Waals surface area contributed by atoms with E-state index in [1.165, 1.54) is 0 Å². The van der Waals surface area contributed by atoms with Gasteiger partial charge in [0.2, 0.25) is 0 Å². The SMILES string of the molecule is Cc1cc(C)c2c(O)cc(=O)oc2c1. The molecule has 0 bridgehead atoms. The summed E-state index contributed by atoms with van der Waals surface area (Å²) < 4.78 is 4.99. The standard InChI is InChI=1S/C11H10O3/c1-6-3-7(2)11-8(12)5-10(13)14-9(11)4-6/h3-5,12H,1-2H3. The Bertz CT molecular complexity index is 552. The fraction of sp³-hybridized carbons (Fsp3) is 0.182. The van der Waals surface area contributed by atoms with Gasteiger partial charge in [0.15, 0.2) is 0 Å². The van der Waals surface area contributed by atoms with Crippen LogP contribution in [0.2, 0.25) is 0 Å². The first-order chi connectivity index (χ1) is 6.58. The van der Waals surface area contributed by atoms with Gasteiger partial charge in [0.1, 0.15) is 11.3 Å². The number of hydrogen-bond acceptors (Lipinski definition) is 3. The molecule has 1 aromatic heterocycles. The van der Waals surface area contributed by atoms with Gasteiger partial charge in [-0.25, -0.2) is 4.79 Å². The second-order valence-electron chi connectivity index (χ2n) is 3.41. The summed E-state index contributed by atoms with van der Waals surface area (Å²) in [5.74, 6) is -0.0197. The van der Waals surface area contributed by atoms with Crippen LogP contribution >= 0.6 is 0 Å². The molecule has 0 aliphatic carbocycles. The van der Waals surface area contributed by atoms with Gasteiger partial charge in [0.25, 0.3) is 0 Å². The first-order valence-corrected chi connectivity index (χ1v) is 4.32. The second-order valence-corrected chi connectivity index (χ2v) is 3.41. The Morgan fingerprint density at radius 3 is 2.64 bits per heavy atom. The zero-order chi connectivity index (χ0) is 10.3. The van der Waals surface area contributed by atoms with Crippen molar-refractivity contribution >= 4 is 11.0 Å². The van der Waals surface area contributed by atoms with Crippen molar-refractivity contribution in [2.75, 3.05) is 0 Å². The fourth-order valence-corrected chi connectivity index (χ4v) is 1.66. The van der Waals surface area contributed by atoms with E-state index >= 15 is 0 Å². The normalized spacial score (nSPS) is 10.7. The minimum Gasteiger partial charge on any atom is -0.507 e. The van der Waals surface area contributed by atoms with E-state index in [1.54, 1.807) is 6.07 Å². The summed E-state index contributed by atoms with van der Waals surface area (Å²) in [5, 5.41) is 10.2. The van der Waals surface area contributed by atoms with Crippen molar-refractivity contribution in [1.29, 1.82) is 0 Å². The highest BCUT2D eigenvalue weighted by Crippen LogP contribution is 2.26. The lowest BCUT2D eigenvalue weighted by molar-refractivity contribution is 0.467. The highest BCUT2D eigenvalue weighted by atomic mass is 16.4. The van der Waals surface area contributed by atoms with E-state index in [2.05, 4.69) is 0 Å². The molecule has 2 aromatic rings. The van der Waals surface area contributed by atoms with Crippen LogP contribution in [0.15, 0.2) is 27.4 Å². The molecule has 1 N–H and O–H groups in total. The Morgan fingerprint density at radius 2 is 1.93 bits per heavy atom. The molecule has 2 rings (SSSR count). The highest BCUT2D eigenvalue weighted by Gasteiger charge is 2.07. The minimum atomic E-state index is -0.528. The van der Waals surface area contributed by atoms with Gasteiger partial charge in [-0.2, -0.15) is 0 Å². The molecular weight excluding hydrogens is 180 g/mol. The summed E-state index contributed by atoms with van der Waals surface area (Å²) in [6.07, 6.45) is 0. The molecule has 14 heavy (non-hydrogen) atoms. The van der Waals surface area contributed by atoms with Crippen LogP contribution in [0.25, 0.3) is 11.0 Å². The van der Waals surface area contributed by atoms with Crippen LogP contribution in [0, 0.1) is 13.8 Å². The fourth-order valence-electron chi connectivity index (χ4n) is 1.66. The van der Waals surface area contributed by atoms with E-state index < -0.39 is 5.63 Å². The van der Waals surface area contributed by atoms with Crippen LogP contribution in [-0.4, -0.2) is 5.11 Å². The first-order valence-electron chi connectivity index (χ1n) is 4.32. The van der Waals surface area contributed by atoms with E-state index in [1.807, 2.05) is 19.9 Å². The van der Waals surface area contributed by atoms with Crippen molar-refractivity contribution < 1.29 is 9.52 Å². The molecule has 0 atom stereocenters. The molecule has 0 amide bonds. The van der Waals surface area contributed by atoms with Crippen molar-refractivity contribution in [2.45, 2.75) is 13.8 Å². The largest absolute Gasteiger partial charge is 0.507 e. The van der Waals surface area contributed by atoms with Gasteiger partial charge in [-0.15, -0.1) is 0 Å². The van der Waals surface area contributed by atoms with Gasteiger partial charge < -0.3 is 9.52 Å². The van der Waals surface area contributed by atoms with Crippen molar-refractivity contribution in [1.82, 2.24) is 0 Å². The smallest absolute Gasteiger partial charge is 0.339 e. The summed E-state index contributed by atoms with van der Waals surface area (Å²) in [7, 11) is 0. The molecule has 3 nitrogen and oxygen atoms in total. The lowest BCUT2D eigenvalue weighted by Gasteiger charge is -2.03. The summed E-state index contributed by atoms with van der Waals surface area (Å²) >= 11 is 0. The van der Waals surface area contributed by atoms with Crippen LogP contribution < -0.4 is 5.63 Å². The Morgan fingerprint density at radius 1 is 1.21 bits per heavy atom. The Labute approximate surface area is 80.6 Å². The third-order valence-electron chi connectivity index (χ3n) is 2.16. The zero-order valence-electron chi connectivity index (χ0n) is 8.00. The Kier molecular flexibility index (Phi) is 1.81. The molecule has 0 unspecified atom stereocenters. The molecule has 0 saturated carbocycles. The Balaban J connectivity index is 3.01. The van der Waals surface area contributed by atoms with Crippen molar-refractivity contribution in [2.24, 2.45) is 0 Å². The number of rotatable bonds is 0. The van der Waals surface area contributed by atoms with Gasteiger partial charge in [0.05, 0.1) is 11.5 Å². The number of fused-ring (bicyclic) bond motifs is 1. The third kappa shape index (κ3) is 1.27. The van der Waals surface area contributed by atoms with Crippen molar-refractivity contribution in [3.63, 3.8) is 0 Å². The molecule has 3 heteroatoms. The lowest BCUT2D eigenvalue weighted by Crippen LogP contribution is -1.96. The Hall–Kier alpha value is -1.77. The van der Waals surface area contributed by atoms with E-state index in [0.717, 1.165) is 17.2 Å². The number of aryl methyl sites for hydroxylation is 2. The van der Waals surface area contributed by atoms with Crippen LogP contribution in [0.4, 0.5) is 0 Å². The molecule has 0 aliphatic heterocycles. The van der Waals surface area contributed by atoms with Gasteiger partial charge in [-0.3, -0.25) is 0 Å². The van der Waals surface area contributed by atoms with Gasteiger partial charge in [0, 0.05) is 0 Å². The van der Waals surface area contributed by atoms with Crippen molar-refractivity contribution in [3.05, 3.63) is 39.7 Å². The summed E-state index contributed by atoms with van der Waals surface area (Å²) in [4.78, 5) is 11.0. The van der Waals surface area contributed by atoms with Gasteiger partial charge >= 0.3 is 5.63 Å².